The van der Waals surface area contributed by atoms with Crippen molar-refractivity contribution < 1.29 is 0 Å². The van der Waals surface area contributed by atoms with Crippen LogP contribution in [0.4, 0.5) is 0 Å². The first-order valence-corrected chi connectivity index (χ1v) is 9.97. The van der Waals surface area contributed by atoms with E-state index in [1.807, 2.05) is 47.9 Å². The maximum atomic E-state index is 13.3. The van der Waals surface area contributed by atoms with Crippen LogP contribution in [-0.4, -0.2) is 24.1 Å². The van der Waals surface area contributed by atoms with Gasteiger partial charge in [0.05, 0.1) is 17.4 Å². The maximum Gasteiger partial charge on any atom is 0.265 e. The highest BCUT2D eigenvalue weighted by Crippen LogP contribution is 2.28. The van der Waals surface area contributed by atoms with Crippen molar-refractivity contribution in [2.24, 2.45) is 0 Å². The molecule has 0 amide bonds. The van der Waals surface area contributed by atoms with Crippen LogP contribution in [0.25, 0.3) is 38.9 Å². The summed E-state index contributed by atoms with van der Waals surface area (Å²) >= 11 is 0. The quantitative estimate of drug-likeness (QED) is 0.465. The maximum absolute atomic E-state index is 13.3. The van der Waals surface area contributed by atoms with E-state index in [0.29, 0.717) is 28.7 Å². The van der Waals surface area contributed by atoms with Crippen LogP contribution in [0.3, 0.4) is 0 Å². The molecular weight excluding hydrogens is 362 g/mol. The summed E-state index contributed by atoms with van der Waals surface area (Å²) in [5, 5.41) is 0.522. The van der Waals surface area contributed by atoms with E-state index in [-0.39, 0.29) is 5.56 Å². The number of fused-ring (bicyclic) bond motifs is 4. The molecule has 5 aromatic rings. The molecule has 2 aromatic carbocycles. The lowest BCUT2D eigenvalue weighted by atomic mass is 10.1. The van der Waals surface area contributed by atoms with Gasteiger partial charge in [-0.15, -0.1) is 0 Å². The van der Waals surface area contributed by atoms with Crippen molar-refractivity contribution in [2.45, 2.75) is 33.2 Å². The minimum Gasteiger partial charge on any atom is -0.299 e. The van der Waals surface area contributed by atoms with Gasteiger partial charge < -0.3 is 0 Å². The van der Waals surface area contributed by atoms with E-state index in [9.17, 15) is 4.79 Å². The third-order valence-electron chi connectivity index (χ3n) is 5.30. The normalized spacial score (nSPS) is 11.7. The Morgan fingerprint density at radius 3 is 2.31 bits per heavy atom. The Balaban J connectivity index is 1.94. The molecule has 0 atom stereocenters. The summed E-state index contributed by atoms with van der Waals surface area (Å²) in [5.74, 6) is 0. The number of hydrogen-bond donors (Lipinski definition) is 0. The second kappa shape index (κ2) is 6.81. The van der Waals surface area contributed by atoms with Crippen LogP contribution in [0, 0.1) is 0 Å². The topological polar surface area (TPSA) is 65.6 Å². The van der Waals surface area contributed by atoms with E-state index in [2.05, 4.69) is 24.0 Å². The average molecular weight is 383 g/mol. The fourth-order valence-electron chi connectivity index (χ4n) is 3.80. The molecule has 0 fully saturated rings. The molecule has 3 aromatic heterocycles. The van der Waals surface area contributed by atoms with Crippen LogP contribution in [0.5, 0.6) is 0 Å². The molecule has 0 N–H and O–H groups in total. The minimum atomic E-state index is -0.0737. The first-order chi connectivity index (χ1) is 14.2. The van der Waals surface area contributed by atoms with Crippen LogP contribution in [0.2, 0.25) is 0 Å². The largest absolute Gasteiger partial charge is 0.299 e. The van der Waals surface area contributed by atoms with Gasteiger partial charge in [0, 0.05) is 12.2 Å². The van der Waals surface area contributed by atoms with Gasteiger partial charge in [0.1, 0.15) is 10.9 Å². The Morgan fingerprint density at radius 2 is 1.62 bits per heavy atom. The summed E-state index contributed by atoms with van der Waals surface area (Å²) in [6, 6.07) is 16.0. The SMILES string of the molecule is CCCn1cnc2c(c1=O)c1nc3ccccc3nc1n2-c1ccc(CC)cc1. The predicted molar refractivity (Wildman–Crippen MR) is 116 cm³/mol. The molecule has 3 heterocycles. The van der Waals surface area contributed by atoms with Crippen molar-refractivity contribution in [3.05, 3.63) is 70.8 Å². The average Bonchev–Trinajstić information content (AvgIpc) is 3.08. The highest BCUT2D eigenvalue weighted by atomic mass is 16.1. The molecular formula is C23H21N5O. The standard InChI is InChI=1S/C23H21N5O/c1-3-13-27-14-24-21-19(23(27)29)20-22(26-18-8-6-5-7-17(18)25-20)28(21)16-11-9-15(4-2)10-12-16/h5-12,14H,3-4,13H2,1-2H3. The number of hydrogen-bond acceptors (Lipinski definition) is 4. The molecule has 0 saturated carbocycles. The summed E-state index contributed by atoms with van der Waals surface area (Å²) < 4.78 is 3.60. The fraction of sp³-hybridized carbons (Fsp3) is 0.217. The van der Waals surface area contributed by atoms with Crippen LogP contribution in [0.15, 0.2) is 59.7 Å². The van der Waals surface area contributed by atoms with E-state index in [4.69, 9.17) is 9.97 Å². The van der Waals surface area contributed by atoms with E-state index in [1.54, 1.807) is 10.9 Å². The molecule has 0 radical (unpaired) electrons. The zero-order valence-corrected chi connectivity index (χ0v) is 16.5. The predicted octanol–water partition coefficient (Wildman–Crippen LogP) is 4.26. The van der Waals surface area contributed by atoms with Gasteiger partial charge in [-0.3, -0.25) is 13.9 Å². The zero-order chi connectivity index (χ0) is 20.0. The first kappa shape index (κ1) is 17.6. The molecule has 0 unspecified atom stereocenters. The molecule has 6 heteroatoms. The number of aryl methyl sites for hydroxylation is 2. The van der Waals surface area contributed by atoms with Crippen molar-refractivity contribution in [3.63, 3.8) is 0 Å². The van der Waals surface area contributed by atoms with Gasteiger partial charge in [-0.1, -0.05) is 38.1 Å². The van der Waals surface area contributed by atoms with Gasteiger partial charge in [-0.25, -0.2) is 15.0 Å². The Hall–Kier alpha value is -3.54. The minimum absolute atomic E-state index is 0.0737. The van der Waals surface area contributed by atoms with Crippen LogP contribution in [-0.2, 0) is 13.0 Å². The van der Waals surface area contributed by atoms with E-state index < -0.39 is 0 Å². The highest BCUT2D eigenvalue weighted by molar-refractivity contribution is 6.05. The van der Waals surface area contributed by atoms with Gasteiger partial charge in [-0.2, -0.15) is 0 Å². The molecule has 0 bridgehead atoms. The van der Waals surface area contributed by atoms with Crippen LogP contribution >= 0.6 is 0 Å². The lowest BCUT2D eigenvalue weighted by Crippen LogP contribution is -2.20. The van der Waals surface area contributed by atoms with Crippen molar-refractivity contribution in [1.82, 2.24) is 24.1 Å². The monoisotopic (exact) mass is 383 g/mol. The number of rotatable bonds is 4. The second-order valence-electron chi connectivity index (χ2n) is 7.18. The Labute approximate surface area is 167 Å². The lowest BCUT2D eigenvalue weighted by Gasteiger charge is -2.08. The van der Waals surface area contributed by atoms with E-state index in [0.717, 1.165) is 29.6 Å². The van der Waals surface area contributed by atoms with Gasteiger partial charge >= 0.3 is 0 Å². The van der Waals surface area contributed by atoms with Crippen molar-refractivity contribution >= 4 is 33.2 Å². The smallest absolute Gasteiger partial charge is 0.265 e. The third kappa shape index (κ3) is 2.71. The molecule has 0 aliphatic heterocycles. The summed E-state index contributed by atoms with van der Waals surface area (Å²) in [5.41, 5.74) is 5.51. The summed E-state index contributed by atoms with van der Waals surface area (Å²) in [6.07, 6.45) is 3.46. The van der Waals surface area contributed by atoms with Crippen molar-refractivity contribution in [1.29, 1.82) is 0 Å². The summed E-state index contributed by atoms with van der Waals surface area (Å²) in [6.45, 7) is 4.80. The van der Waals surface area contributed by atoms with E-state index in [1.165, 1.54) is 5.56 Å². The molecule has 0 saturated heterocycles. The fourth-order valence-corrected chi connectivity index (χ4v) is 3.80. The summed E-state index contributed by atoms with van der Waals surface area (Å²) in [7, 11) is 0. The zero-order valence-electron chi connectivity index (χ0n) is 16.5. The number of aromatic nitrogens is 5. The molecule has 144 valence electrons. The first-order valence-electron chi connectivity index (χ1n) is 9.97. The number of para-hydroxylation sites is 2. The Morgan fingerprint density at radius 1 is 0.897 bits per heavy atom. The molecule has 0 aliphatic rings. The molecule has 5 rings (SSSR count). The molecule has 29 heavy (non-hydrogen) atoms. The molecule has 0 spiro atoms. The van der Waals surface area contributed by atoms with E-state index >= 15 is 0 Å². The van der Waals surface area contributed by atoms with Crippen LogP contribution < -0.4 is 5.56 Å². The van der Waals surface area contributed by atoms with Crippen molar-refractivity contribution in [3.8, 4) is 5.69 Å². The third-order valence-corrected chi connectivity index (χ3v) is 5.30. The Kier molecular flexibility index (Phi) is 4.12. The number of nitrogens with zero attached hydrogens (tertiary/aromatic N) is 5. The van der Waals surface area contributed by atoms with Gasteiger partial charge in [0.15, 0.2) is 11.3 Å². The summed E-state index contributed by atoms with van der Waals surface area (Å²) in [4.78, 5) is 27.6. The molecule has 0 aliphatic carbocycles. The van der Waals surface area contributed by atoms with Gasteiger partial charge in [-0.05, 0) is 42.7 Å². The number of benzene rings is 2. The van der Waals surface area contributed by atoms with Gasteiger partial charge in [0.2, 0.25) is 0 Å². The second-order valence-corrected chi connectivity index (χ2v) is 7.18. The molecule has 6 nitrogen and oxygen atoms in total. The lowest BCUT2D eigenvalue weighted by molar-refractivity contribution is 0.647. The highest BCUT2D eigenvalue weighted by Gasteiger charge is 2.20. The van der Waals surface area contributed by atoms with Crippen LogP contribution in [0.1, 0.15) is 25.8 Å². The van der Waals surface area contributed by atoms with Crippen molar-refractivity contribution in [2.75, 3.05) is 0 Å². The van der Waals surface area contributed by atoms with Gasteiger partial charge in [0.25, 0.3) is 5.56 Å². The Bertz CT molecular complexity index is 1410.